The van der Waals surface area contributed by atoms with E-state index < -0.39 is 0 Å². The number of aryl methyl sites for hydroxylation is 2. The molecule has 0 aliphatic heterocycles. The molecular formula is C17H29NO. The minimum absolute atomic E-state index is 0.350. The van der Waals surface area contributed by atoms with Gasteiger partial charge in [0.1, 0.15) is 5.75 Å². The summed E-state index contributed by atoms with van der Waals surface area (Å²) in [6.07, 6.45) is 3.54. The molecule has 0 bridgehead atoms. The summed E-state index contributed by atoms with van der Waals surface area (Å²) < 4.78 is 5.30. The van der Waals surface area contributed by atoms with Crippen molar-refractivity contribution in [1.29, 1.82) is 0 Å². The molecule has 0 radical (unpaired) electrons. The molecule has 1 rings (SSSR count). The molecule has 0 aliphatic carbocycles. The van der Waals surface area contributed by atoms with E-state index in [2.05, 4.69) is 51.2 Å². The Morgan fingerprint density at radius 3 is 2.58 bits per heavy atom. The smallest absolute Gasteiger partial charge is 0.121 e. The summed E-state index contributed by atoms with van der Waals surface area (Å²) >= 11 is 0. The lowest BCUT2D eigenvalue weighted by molar-refractivity contribution is 0.315. The predicted octanol–water partition coefficient (Wildman–Crippen LogP) is 3.96. The number of benzene rings is 1. The summed E-state index contributed by atoms with van der Waals surface area (Å²) in [7, 11) is 1.73. The molecule has 0 aromatic heterocycles. The standard InChI is InChI=1S/C17H29NO/c1-6-11-18-13-17(3,4)10-9-15-7-8-16(19-5)14(2)12-15/h7-8,12,18H,6,9-11,13H2,1-5H3. The van der Waals surface area contributed by atoms with Gasteiger partial charge in [0.15, 0.2) is 0 Å². The van der Waals surface area contributed by atoms with Gasteiger partial charge in [0.2, 0.25) is 0 Å². The third kappa shape index (κ3) is 5.65. The first-order valence-electron chi connectivity index (χ1n) is 7.33. The van der Waals surface area contributed by atoms with Crippen LogP contribution in [0.25, 0.3) is 0 Å². The summed E-state index contributed by atoms with van der Waals surface area (Å²) in [5, 5.41) is 3.52. The van der Waals surface area contributed by atoms with Crippen LogP contribution in [0.1, 0.15) is 44.7 Å². The molecule has 19 heavy (non-hydrogen) atoms. The summed E-state index contributed by atoms with van der Waals surface area (Å²) in [5.41, 5.74) is 2.98. The van der Waals surface area contributed by atoms with Crippen LogP contribution < -0.4 is 10.1 Å². The Hall–Kier alpha value is -1.02. The van der Waals surface area contributed by atoms with Gasteiger partial charge in [-0.1, -0.05) is 32.9 Å². The SMILES string of the molecule is CCCNCC(C)(C)CCc1ccc(OC)c(C)c1. The van der Waals surface area contributed by atoms with Gasteiger partial charge in [0.25, 0.3) is 0 Å². The van der Waals surface area contributed by atoms with Gasteiger partial charge in [-0.15, -0.1) is 0 Å². The van der Waals surface area contributed by atoms with Crippen LogP contribution in [0, 0.1) is 12.3 Å². The number of nitrogens with one attached hydrogen (secondary N) is 1. The van der Waals surface area contributed by atoms with E-state index in [4.69, 9.17) is 4.74 Å². The fourth-order valence-electron chi connectivity index (χ4n) is 2.27. The zero-order valence-corrected chi connectivity index (χ0v) is 13.2. The topological polar surface area (TPSA) is 21.3 Å². The lowest BCUT2D eigenvalue weighted by Crippen LogP contribution is -2.30. The van der Waals surface area contributed by atoms with Crippen molar-refractivity contribution in [3.8, 4) is 5.75 Å². The van der Waals surface area contributed by atoms with Crippen LogP contribution in [0.15, 0.2) is 18.2 Å². The maximum absolute atomic E-state index is 5.30. The van der Waals surface area contributed by atoms with Crippen LogP contribution in [-0.4, -0.2) is 20.2 Å². The maximum atomic E-state index is 5.30. The van der Waals surface area contributed by atoms with Crippen molar-refractivity contribution in [1.82, 2.24) is 5.32 Å². The highest BCUT2D eigenvalue weighted by Gasteiger charge is 2.17. The van der Waals surface area contributed by atoms with Crippen molar-refractivity contribution in [3.63, 3.8) is 0 Å². The summed E-state index contributed by atoms with van der Waals surface area (Å²) in [6.45, 7) is 11.2. The molecule has 2 nitrogen and oxygen atoms in total. The highest BCUT2D eigenvalue weighted by Crippen LogP contribution is 2.24. The second-order valence-corrected chi connectivity index (χ2v) is 6.14. The molecule has 0 saturated heterocycles. The van der Waals surface area contributed by atoms with E-state index in [1.165, 1.54) is 24.0 Å². The average molecular weight is 263 g/mol. The quantitative estimate of drug-likeness (QED) is 0.717. The molecule has 108 valence electrons. The van der Waals surface area contributed by atoms with Gasteiger partial charge in [-0.05, 0) is 55.3 Å². The summed E-state index contributed by atoms with van der Waals surface area (Å²) in [5.74, 6) is 0.979. The molecule has 0 saturated carbocycles. The molecule has 0 amide bonds. The van der Waals surface area contributed by atoms with Crippen molar-refractivity contribution in [2.45, 2.75) is 47.0 Å². The van der Waals surface area contributed by atoms with Crippen LogP contribution >= 0.6 is 0 Å². The van der Waals surface area contributed by atoms with Crippen LogP contribution in [0.2, 0.25) is 0 Å². The highest BCUT2D eigenvalue weighted by molar-refractivity contribution is 5.36. The van der Waals surface area contributed by atoms with Gasteiger partial charge in [0, 0.05) is 6.54 Å². The molecule has 0 unspecified atom stereocenters. The molecular weight excluding hydrogens is 234 g/mol. The Bertz CT molecular complexity index is 385. The van der Waals surface area contributed by atoms with Crippen LogP contribution in [0.5, 0.6) is 5.75 Å². The minimum Gasteiger partial charge on any atom is -0.496 e. The number of hydrogen-bond acceptors (Lipinski definition) is 2. The van der Waals surface area contributed by atoms with E-state index >= 15 is 0 Å². The zero-order chi connectivity index (χ0) is 14.3. The third-order valence-corrected chi connectivity index (χ3v) is 3.58. The second-order valence-electron chi connectivity index (χ2n) is 6.14. The normalized spacial score (nSPS) is 11.6. The molecule has 0 heterocycles. The summed E-state index contributed by atoms with van der Waals surface area (Å²) in [4.78, 5) is 0. The van der Waals surface area contributed by atoms with Crippen molar-refractivity contribution >= 4 is 0 Å². The monoisotopic (exact) mass is 263 g/mol. The largest absolute Gasteiger partial charge is 0.496 e. The Morgan fingerprint density at radius 1 is 1.26 bits per heavy atom. The Kier molecular flexibility index (Phi) is 6.36. The Balaban J connectivity index is 2.49. The summed E-state index contributed by atoms with van der Waals surface area (Å²) in [6, 6.07) is 6.50. The number of hydrogen-bond donors (Lipinski definition) is 1. The minimum atomic E-state index is 0.350. The molecule has 0 aliphatic rings. The second kappa shape index (κ2) is 7.54. The average Bonchev–Trinajstić information content (AvgIpc) is 2.37. The van der Waals surface area contributed by atoms with Crippen LogP contribution in [0.4, 0.5) is 0 Å². The number of rotatable bonds is 8. The molecule has 1 N–H and O–H groups in total. The zero-order valence-electron chi connectivity index (χ0n) is 13.2. The van der Waals surface area contributed by atoms with Crippen LogP contribution in [0.3, 0.4) is 0 Å². The van der Waals surface area contributed by atoms with Crippen molar-refractivity contribution in [3.05, 3.63) is 29.3 Å². The van der Waals surface area contributed by atoms with Gasteiger partial charge in [-0.25, -0.2) is 0 Å². The fraction of sp³-hybridized carbons (Fsp3) is 0.647. The van der Waals surface area contributed by atoms with Gasteiger partial charge < -0.3 is 10.1 Å². The highest BCUT2D eigenvalue weighted by atomic mass is 16.5. The van der Waals surface area contributed by atoms with E-state index in [1.54, 1.807) is 7.11 Å². The van der Waals surface area contributed by atoms with Gasteiger partial charge >= 0.3 is 0 Å². The van der Waals surface area contributed by atoms with Gasteiger partial charge in [-0.2, -0.15) is 0 Å². The van der Waals surface area contributed by atoms with E-state index in [1.807, 2.05) is 0 Å². The van der Waals surface area contributed by atoms with Gasteiger partial charge in [-0.3, -0.25) is 0 Å². The van der Waals surface area contributed by atoms with E-state index in [-0.39, 0.29) is 0 Å². The van der Waals surface area contributed by atoms with E-state index in [0.717, 1.165) is 25.3 Å². The van der Waals surface area contributed by atoms with Crippen molar-refractivity contribution in [2.75, 3.05) is 20.2 Å². The molecule has 1 aromatic carbocycles. The Labute approximate surface area is 118 Å². The first-order chi connectivity index (χ1) is 8.98. The molecule has 0 spiro atoms. The third-order valence-electron chi connectivity index (χ3n) is 3.58. The van der Waals surface area contributed by atoms with Crippen molar-refractivity contribution < 1.29 is 4.74 Å². The Morgan fingerprint density at radius 2 is 2.00 bits per heavy atom. The number of ether oxygens (including phenoxy) is 1. The lowest BCUT2D eigenvalue weighted by Gasteiger charge is -2.25. The molecule has 1 aromatic rings. The maximum Gasteiger partial charge on any atom is 0.121 e. The molecule has 0 fully saturated rings. The van der Waals surface area contributed by atoms with Gasteiger partial charge in [0.05, 0.1) is 7.11 Å². The predicted molar refractivity (Wildman–Crippen MR) is 83.0 cm³/mol. The fourth-order valence-corrected chi connectivity index (χ4v) is 2.27. The molecule has 0 atom stereocenters. The lowest BCUT2D eigenvalue weighted by atomic mass is 9.86. The first-order valence-corrected chi connectivity index (χ1v) is 7.33. The van der Waals surface area contributed by atoms with E-state index in [0.29, 0.717) is 5.41 Å². The van der Waals surface area contributed by atoms with Crippen molar-refractivity contribution in [2.24, 2.45) is 5.41 Å². The van der Waals surface area contributed by atoms with Crippen LogP contribution in [-0.2, 0) is 6.42 Å². The first kappa shape index (κ1) is 16.0. The van der Waals surface area contributed by atoms with E-state index in [9.17, 15) is 0 Å². The number of methoxy groups -OCH3 is 1. The molecule has 2 heteroatoms.